The van der Waals surface area contributed by atoms with Gasteiger partial charge in [-0.2, -0.15) is 0 Å². The molecule has 114 valence electrons. The van der Waals surface area contributed by atoms with Gasteiger partial charge in [0.25, 0.3) is 5.91 Å². The van der Waals surface area contributed by atoms with Crippen molar-refractivity contribution in [3.63, 3.8) is 0 Å². The van der Waals surface area contributed by atoms with Gasteiger partial charge in [-0.15, -0.1) is 0 Å². The lowest BCUT2D eigenvalue weighted by Crippen LogP contribution is -2.47. The summed E-state index contributed by atoms with van der Waals surface area (Å²) in [7, 11) is 1.65. The Morgan fingerprint density at radius 2 is 2.19 bits per heavy atom. The van der Waals surface area contributed by atoms with Crippen molar-refractivity contribution in [2.45, 2.75) is 18.4 Å². The summed E-state index contributed by atoms with van der Waals surface area (Å²) in [6, 6.07) is 3.25. The SMILES string of the molecule is CN(CC1(O)CCOCC1)C(=O)c1ccc(C(N)=S)cn1. The first-order valence-electron chi connectivity index (χ1n) is 6.73. The number of aromatic nitrogens is 1. The minimum atomic E-state index is -0.887. The topological polar surface area (TPSA) is 88.7 Å². The highest BCUT2D eigenvalue weighted by Gasteiger charge is 2.32. The monoisotopic (exact) mass is 309 g/mol. The van der Waals surface area contributed by atoms with Gasteiger partial charge in [-0.05, 0) is 12.1 Å². The fourth-order valence-corrected chi connectivity index (χ4v) is 2.41. The molecule has 0 unspecified atom stereocenters. The number of ether oxygens (including phenoxy) is 1. The molecule has 1 fully saturated rings. The summed E-state index contributed by atoms with van der Waals surface area (Å²) in [5.74, 6) is -0.246. The third-order valence-electron chi connectivity index (χ3n) is 3.57. The Kier molecular flexibility index (Phi) is 4.87. The predicted molar refractivity (Wildman–Crippen MR) is 82.1 cm³/mol. The largest absolute Gasteiger partial charge is 0.389 e. The molecular weight excluding hydrogens is 290 g/mol. The Hall–Kier alpha value is -1.57. The zero-order valence-corrected chi connectivity index (χ0v) is 12.7. The van der Waals surface area contributed by atoms with Gasteiger partial charge in [0.15, 0.2) is 0 Å². The Morgan fingerprint density at radius 1 is 1.52 bits per heavy atom. The van der Waals surface area contributed by atoms with Gasteiger partial charge in [0.1, 0.15) is 10.7 Å². The minimum absolute atomic E-state index is 0.242. The number of hydrogen-bond acceptors (Lipinski definition) is 5. The molecule has 3 N–H and O–H groups in total. The van der Waals surface area contributed by atoms with Crippen molar-refractivity contribution in [2.24, 2.45) is 5.73 Å². The fourth-order valence-electron chi connectivity index (χ4n) is 2.28. The molecule has 1 amide bonds. The van der Waals surface area contributed by atoms with Crippen LogP contribution in [-0.4, -0.2) is 58.3 Å². The third kappa shape index (κ3) is 3.96. The molecule has 2 heterocycles. The first-order chi connectivity index (χ1) is 9.91. The number of amides is 1. The van der Waals surface area contributed by atoms with Crippen LogP contribution in [0.5, 0.6) is 0 Å². The van der Waals surface area contributed by atoms with Crippen molar-refractivity contribution >= 4 is 23.1 Å². The highest BCUT2D eigenvalue weighted by atomic mass is 32.1. The second-order valence-corrected chi connectivity index (χ2v) is 5.73. The van der Waals surface area contributed by atoms with Crippen LogP contribution in [0.1, 0.15) is 28.9 Å². The smallest absolute Gasteiger partial charge is 0.272 e. The van der Waals surface area contributed by atoms with Crippen molar-refractivity contribution in [3.8, 4) is 0 Å². The Bertz CT molecular complexity index is 527. The molecule has 1 aromatic heterocycles. The van der Waals surface area contributed by atoms with E-state index in [0.717, 1.165) is 0 Å². The number of aliphatic hydroxyl groups is 1. The summed E-state index contributed by atoms with van der Waals surface area (Å²) in [5.41, 5.74) is 5.52. The summed E-state index contributed by atoms with van der Waals surface area (Å²) in [5, 5.41) is 10.4. The van der Waals surface area contributed by atoms with Crippen molar-refractivity contribution in [1.82, 2.24) is 9.88 Å². The van der Waals surface area contributed by atoms with E-state index in [2.05, 4.69) is 4.98 Å². The molecule has 0 radical (unpaired) electrons. The standard InChI is InChI=1S/C14H19N3O3S/c1-17(9-14(19)4-6-20-7-5-14)13(18)11-3-2-10(8-16-11)12(15)21/h2-3,8,19H,4-7,9H2,1H3,(H2,15,21). The van der Waals surface area contributed by atoms with Crippen LogP contribution in [0.2, 0.25) is 0 Å². The number of carbonyl (C=O) groups excluding carboxylic acids is 1. The zero-order valence-electron chi connectivity index (χ0n) is 11.9. The van der Waals surface area contributed by atoms with E-state index in [1.54, 1.807) is 19.2 Å². The van der Waals surface area contributed by atoms with Crippen LogP contribution in [0.15, 0.2) is 18.3 Å². The average molecular weight is 309 g/mol. The summed E-state index contributed by atoms with van der Waals surface area (Å²) >= 11 is 4.84. The molecule has 1 aliphatic rings. The molecule has 0 aromatic carbocycles. The molecule has 0 saturated carbocycles. The third-order valence-corrected chi connectivity index (χ3v) is 3.80. The van der Waals surface area contributed by atoms with Crippen LogP contribution in [0.4, 0.5) is 0 Å². The van der Waals surface area contributed by atoms with Gasteiger partial charge in [0.05, 0.1) is 5.60 Å². The fraction of sp³-hybridized carbons (Fsp3) is 0.500. The summed E-state index contributed by atoms with van der Waals surface area (Å²) in [6.45, 7) is 1.28. The van der Waals surface area contributed by atoms with E-state index in [4.69, 9.17) is 22.7 Å². The van der Waals surface area contributed by atoms with E-state index in [0.29, 0.717) is 37.3 Å². The van der Waals surface area contributed by atoms with E-state index in [1.807, 2.05) is 0 Å². The maximum Gasteiger partial charge on any atom is 0.272 e. The molecule has 1 saturated heterocycles. The molecule has 0 aliphatic carbocycles. The van der Waals surface area contributed by atoms with Gasteiger partial charge in [-0.25, -0.2) is 0 Å². The molecule has 1 aliphatic heterocycles. The van der Waals surface area contributed by atoms with Crippen LogP contribution in [0.3, 0.4) is 0 Å². The number of carbonyl (C=O) groups is 1. The van der Waals surface area contributed by atoms with E-state index in [-0.39, 0.29) is 17.4 Å². The number of nitrogens with two attached hydrogens (primary N) is 1. The van der Waals surface area contributed by atoms with Gasteiger partial charge in [-0.3, -0.25) is 9.78 Å². The number of thiocarbonyl (C=S) groups is 1. The molecule has 21 heavy (non-hydrogen) atoms. The zero-order chi connectivity index (χ0) is 15.5. The Labute approximate surface area is 128 Å². The predicted octanol–water partition coefficient (Wildman–Crippen LogP) is 0.329. The van der Waals surface area contributed by atoms with Crippen molar-refractivity contribution in [3.05, 3.63) is 29.6 Å². The summed E-state index contributed by atoms with van der Waals surface area (Å²) in [4.78, 5) is 18.1. The molecule has 7 heteroatoms. The average Bonchev–Trinajstić information content (AvgIpc) is 2.46. The van der Waals surface area contributed by atoms with Gasteiger partial charge in [0, 0.05) is 51.4 Å². The van der Waals surface area contributed by atoms with E-state index < -0.39 is 5.60 Å². The van der Waals surface area contributed by atoms with Crippen LogP contribution in [0.25, 0.3) is 0 Å². The number of hydrogen-bond donors (Lipinski definition) is 2. The van der Waals surface area contributed by atoms with Crippen molar-refractivity contribution in [2.75, 3.05) is 26.8 Å². The maximum absolute atomic E-state index is 12.3. The summed E-state index contributed by atoms with van der Waals surface area (Å²) in [6.07, 6.45) is 2.53. The molecule has 6 nitrogen and oxygen atoms in total. The van der Waals surface area contributed by atoms with Crippen molar-refractivity contribution < 1.29 is 14.6 Å². The first-order valence-corrected chi connectivity index (χ1v) is 7.14. The van der Waals surface area contributed by atoms with Gasteiger partial charge < -0.3 is 20.5 Å². The van der Waals surface area contributed by atoms with Crippen LogP contribution in [-0.2, 0) is 4.74 Å². The number of nitrogens with zero attached hydrogens (tertiary/aromatic N) is 2. The molecule has 0 atom stereocenters. The van der Waals surface area contributed by atoms with Gasteiger partial charge in [-0.1, -0.05) is 12.2 Å². The van der Waals surface area contributed by atoms with Crippen LogP contribution in [0, 0.1) is 0 Å². The quantitative estimate of drug-likeness (QED) is 0.779. The second kappa shape index (κ2) is 6.46. The van der Waals surface area contributed by atoms with Gasteiger partial charge in [0.2, 0.25) is 0 Å². The minimum Gasteiger partial charge on any atom is -0.389 e. The van der Waals surface area contributed by atoms with E-state index in [1.165, 1.54) is 11.1 Å². The Balaban J connectivity index is 2.03. The van der Waals surface area contributed by atoms with Crippen molar-refractivity contribution in [1.29, 1.82) is 0 Å². The lowest BCUT2D eigenvalue weighted by Gasteiger charge is -2.35. The Morgan fingerprint density at radius 3 is 2.71 bits per heavy atom. The highest BCUT2D eigenvalue weighted by Crippen LogP contribution is 2.21. The van der Waals surface area contributed by atoms with Crippen LogP contribution < -0.4 is 5.73 Å². The summed E-state index contributed by atoms with van der Waals surface area (Å²) < 4.78 is 5.23. The maximum atomic E-state index is 12.3. The first kappa shape index (κ1) is 15.8. The second-order valence-electron chi connectivity index (χ2n) is 5.29. The molecule has 0 spiro atoms. The molecular formula is C14H19N3O3S. The lowest BCUT2D eigenvalue weighted by atomic mass is 9.94. The van der Waals surface area contributed by atoms with Gasteiger partial charge >= 0.3 is 0 Å². The lowest BCUT2D eigenvalue weighted by molar-refractivity contribution is -0.0734. The molecule has 2 rings (SSSR count). The van der Waals surface area contributed by atoms with Crippen LogP contribution >= 0.6 is 12.2 Å². The molecule has 0 bridgehead atoms. The van der Waals surface area contributed by atoms with E-state index in [9.17, 15) is 9.90 Å². The van der Waals surface area contributed by atoms with E-state index >= 15 is 0 Å². The number of pyridine rings is 1. The normalized spacial score (nSPS) is 17.2. The number of rotatable bonds is 4. The highest BCUT2D eigenvalue weighted by molar-refractivity contribution is 7.80. The number of likely N-dealkylation sites (N-methyl/N-ethyl adjacent to an activating group) is 1. The molecule has 1 aromatic rings.